The molecular formula is C19H14F2N6S. The average Bonchev–Trinajstić information content (AvgIpc) is 3.34. The quantitative estimate of drug-likeness (QED) is 0.466. The van der Waals surface area contributed by atoms with Gasteiger partial charge in [-0.2, -0.15) is 0 Å². The predicted molar refractivity (Wildman–Crippen MR) is 105 cm³/mol. The summed E-state index contributed by atoms with van der Waals surface area (Å²) in [5.74, 6) is 0.226. The van der Waals surface area contributed by atoms with Gasteiger partial charge in [0.1, 0.15) is 17.5 Å². The van der Waals surface area contributed by atoms with Crippen LogP contribution in [-0.4, -0.2) is 31.1 Å². The number of nitrogens with zero attached hydrogens (tertiary/aromatic N) is 4. The zero-order chi connectivity index (χ0) is 19.1. The molecule has 0 unspecified atom stereocenters. The molecule has 0 amide bonds. The van der Waals surface area contributed by atoms with Crippen LogP contribution in [0.4, 0.5) is 13.9 Å². The van der Waals surface area contributed by atoms with E-state index in [0.717, 1.165) is 32.7 Å². The summed E-state index contributed by atoms with van der Waals surface area (Å²) < 4.78 is 28.0. The van der Waals surface area contributed by atoms with Gasteiger partial charge in [-0.15, -0.1) is 5.10 Å². The molecule has 0 radical (unpaired) electrons. The van der Waals surface area contributed by atoms with Crippen LogP contribution < -0.4 is 5.32 Å². The number of anilines is 1. The number of aromatic amines is 1. The Morgan fingerprint density at radius 2 is 1.86 bits per heavy atom. The highest BCUT2D eigenvalue weighted by Gasteiger charge is 2.10. The van der Waals surface area contributed by atoms with Crippen molar-refractivity contribution in [3.05, 3.63) is 66.1 Å². The number of nitrogens with one attached hydrogen (secondary N) is 2. The van der Waals surface area contributed by atoms with Crippen LogP contribution >= 0.6 is 11.3 Å². The summed E-state index contributed by atoms with van der Waals surface area (Å²) in [5, 5.41) is 8.47. The molecule has 0 bridgehead atoms. The Hall–Kier alpha value is -3.33. The molecule has 6 nitrogen and oxygen atoms in total. The number of imidazole rings is 2. The molecule has 0 aliphatic rings. The second kappa shape index (κ2) is 6.68. The van der Waals surface area contributed by atoms with Gasteiger partial charge in [0.15, 0.2) is 0 Å². The highest BCUT2D eigenvalue weighted by atomic mass is 32.1. The highest BCUT2D eigenvalue weighted by molar-refractivity contribution is 7.20. The number of hydrogen-bond acceptors (Lipinski definition) is 5. The molecule has 2 aromatic carbocycles. The van der Waals surface area contributed by atoms with Gasteiger partial charge < -0.3 is 10.3 Å². The fraction of sp³-hybridized carbons (Fsp3) is 0.105. The summed E-state index contributed by atoms with van der Waals surface area (Å²) in [6.07, 6.45) is 2.47. The molecule has 3 heterocycles. The molecular weight excluding hydrogens is 382 g/mol. The standard InChI is InChI=1S/C19H14F2N6S/c20-12-3-1-11(2-4-12)16-10-27-19(25-16)28-18(26-27)22-8-7-17-23-14-6-5-13(21)9-15(14)24-17/h1-6,9-10H,7-8H2,(H,22,26)(H,23,24). The molecule has 0 saturated carbocycles. The summed E-state index contributed by atoms with van der Waals surface area (Å²) in [6, 6.07) is 10.7. The van der Waals surface area contributed by atoms with Crippen LogP contribution in [0.2, 0.25) is 0 Å². The predicted octanol–water partition coefficient (Wildman–Crippen LogP) is 4.27. The van der Waals surface area contributed by atoms with Crippen molar-refractivity contribution < 1.29 is 8.78 Å². The first kappa shape index (κ1) is 16.8. The minimum Gasteiger partial charge on any atom is -0.360 e. The molecule has 9 heteroatoms. The summed E-state index contributed by atoms with van der Waals surface area (Å²) in [4.78, 5) is 12.9. The third-order valence-electron chi connectivity index (χ3n) is 4.31. The summed E-state index contributed by atoms with van der Waals surface area (Å²) in [7, 11) is 0. The molecule has 0 saturated heterocycles. The number of aromatic nitrogens is 5. The van der Waals surface area contributed by atoms with Gasteiger partial charge in [-0.1, -0.05) is 11.3 Å². The molecule has 140 valence electrons. The van der Waals surface area contributed by atoms with Crippen LogP contribution in [0.3, 0.4) is 0 Å². The first-order valence-corrected chi connectivity index (χ1v) is 9.46. The van der Waals surface area contributed by atoms with Crippen molar-refractivity contribution in [3.8, 4) is 11.3 Å². The number of benzene rings is 2. The molecule has 28 heavy (non-hydrogen) atoms. The smallest absolute Gasteiger partial charge is 0.214 e. The minimum absolute atomic E-state index is 0.274. The topological polar surface area (TPSA) is 70.9 Å². The number of fused-ring (bicyclic) bond motifs is 2. The van der Waals surface area contributed by atoms with E-state index in [1.807, 2.05) is 6.20 Å². The molecule has 5 rings (SSSR count). The Bertz CT molecular complexity index is 1240. The van der Waals surface area contributed by atoms with Crippen LogP contribution in [0.25, 0.3) is 27.3 Å². The number of H-pyrrole nitrogens is 1. The van der Waals surface area contributed by atoms with Gasteiger partial charge >= 0.3 is 0 Å². The lowest BCUT2D eigenvalue weighted by atomic mass is 10.2. The third kappa shape index (κ3) is 3.20. The lowest BCUT2D eigenvalue weighted by Crippen LogP contribution is -2.05. The summed E-state index contributed by atoms with van der Waals surface area (Å²) >= 11 is 1.43. The van der Waals surface area contributed by atoms with Crippen molar-refractivity contribution in [2.24, 2.45) is 0 Å². The zero-order valence-electron chi connectivity index (χ0n) is 14.5. The summed E-state index contributed by atoms with van der Waals surface area (Å²) in [6.45, 7) is 0.629. The van der Waals surface area contributed by atoms with Gasteiger partial charge in [0, 0.05) is 18.5 Å². The van der Waals surface area contributed by atoms with Crippen LogP contribution in [0.5, 0.6) is 0 Å². The van der Waals surface area contributed by atoms with Crippen molar-refractivity contribution in [1.29, 1.82) is 0 Å². The first-order valence-electron chi connectivity index (χ1n) is 8.64. The van der Waals surface area contributed by atoms with Crippen LogP contribution in [0.1, 0.15) is 5.82 Å². The van der Waals surface area contributed by atoms with Crippen LogP contribution in [0, 0.1) is 11.6 Å². The Balaban J connectivity index is 1.26. The van der Waals surface area contributed by atoms with E-state index in [1.54, 1.807) is 22.7 Å². The molecule has 0 atom stereocenters. The Morgan fingerprint density at radius 3 is 2.68 bits per heavy atom. The molecule has 0 spiro atoms. The molecule has 5 aromatic rings. The fourth-order valence-electron chi connectivity index (χ4n) is 2.97. The van der Waals surface area contributed by atoms with E-state index in [2.05, 4.69) is 25.4 Å². The molecule has 0 fully saturated rings. The maximum atomic E-state index is 13.3. The van der Waals surface area contributed by atoms with Crippen LogP contribution in [0.15, 0.2) is 48.7 Å². The van der Waals surface area contributed by atoms with E-state index in [0.29, 0.717) is 18.5 Å². The molecule has 3 aromatic heterocycles. The van der Waals surface area contributed by atoms with Gasteiger partial charge in [-0.25, -0.2) is 23.3 Å². The third-order valence-corrected chi connectivity index (χ3v) is 5.19. The van der Waals surface area contributed by atoms with Crippen molar-refractivity contribution in [1.82, 2.24) is 24.6 Å². The van der Waals surface area contributed by atoms with Gasteiger partial charge in [0.2, 0.25) is 10.1 Å². The first-order chi connectivity index (χ1) is 13.6. The van der Waals surface area contributed by atoms with Gasteiger partial charge in [-0.3, -0.25) is 0 Å². The number of hydrogen-bond donors (Lipinski definition) is 2. The maximum Gasteiger partial charge on any atom is 0.214 e. The van der Waals surface area contributed by atoms with E-state index in [9.17, 15) is 8.78 Å². The van der Waals surface area contributed by atoms with Crippen molar-refractivity contribution >= 4 is 32.5 Å². The number of rotatable bonds is 5. The number of halogens is 2. The van der Waals surface area contributed by atoms with E-state index in [-0.39, 0.29) is 11.6 Å². The monoisotopic (exact) mass is 396 g/mol. The Labute approximate surface area is 161 Å². The SMILES string of the molecule is Fc1ccc(-c2cn3nc(NCCc4nc5ccc(F)cc5[nH]4)sc3n2)cc1. The minimum atomic E-state index is -0.285. The van der Waals surface area contributed by atoms with Crippen molar-refractivity contribution in [2.75, 3.05) is 11.9 Å². The second-order valence-electron chi connectivity index (χ2n) is 6.29. The molecule has 0 aliphatic heterocycles. The highest BCUT2D eigenvalue weighted by Crippen LogP contribution is 2.24. The Morgan fingerprint density at radius 1 is 1.04 bits per heavy atom. The fourth-order valence-corrected chi connectivity index (χ4v) is 3.78. The molecule has 2 N–H and O–H groups in total. The van der Waals surface area contributed by atoms with E-state index in [4.69, 9.17) is 0 Å². The maximum absolute atomic E-state index is 13.3. The van der Waals surface area contributed by atoms with Crippen LogP contribution in [-0.2, 0) is 6.42 Å². The largest absolute Gasteiger partial charge is 0.360 e. The van der Waals surface area contributed by atoms with E-state index < -0.39 is 0 Å². The normalized spacial score (nSPS) is 11.5. The zero-order valence-corrected chi connectivity index (χ0v) is 15.3. The average molecular weight is 396 g/mol. The van der Waals surface area contributed by atoms with E-state index >= 15 is 0 Å². The van der Waals surface area contributed by atoms with Crippen molar-refractivity contribution in [2.45, 2.75) is 6.42 Å². The lowest BCUT2D eigenvalue weighted by molar-refractivity contribution is 0.628. The van der Waals surface area contributed by atoms with E-state index in [1.165, 1.54) is 35.6 Å². The van der Waals surface area contributed by atoms with Gasteiger partial charge in [0.25, 0.3) is 0 Å². The Kier molecular flexibility index (Phi) is 4.01. The lowest BCUT2D eigenvalue weighted by Gasteiger charge is -1.99. The van der Waals surface area contributed by atoms with Crippen molar-refractivity contribution in [3.63, 3.8) is 0 Å². The molecule has 0 aliphatic carbocycles. The second-order valence-corrected chi connectivity index (χ2v) is 7.25. The van der Waals surface area contributed by atoms with Gasteiger partial charge in [-0.05, 0) is 42.5 Å². The summed E-state index contributed by atoms with van der Waals surface area (Å²) in [5.41, 5.74) is 3.03. The van der Waals surface area contributed by atoms with Gasteiger partial charge in [0.05, 0.1) is 22.9 Å².